The molecule has 0 radical (unpaired) electrons. The third-order valence-corrected chi connectivity index (χ3v) is 5.64. The number of hydrogen-bond acceptors (Lipinski definition) is 5. The largest absolute Gasteiger partial charge is 0.382 e. The van der Waals surface area contributed by atoms with Gasteiger partial charge in [0.05, 0.1) is 23.7 Å². The molecule has 1 aliphatic heterocycles. The van der Waals surface area contributed by atoms with E-state index in [0.29, 0.717) is 39.4 Å². The molecule has 0 aliphatic carbocycles. The number of nitrogens with zero attached hydrogens (tertiary/aromatic N) is 1. The molecule has 1 heterocycles. The Balaban J connectivity index is 2.09. The highest BCUT2D eigenvalue weighted by molar-refractivity contribution is 7.89. The number of sulfonamides is 1. The van der Waals surface area contributed by atoms with Gasteiger partial charge in [0.1, 0.15) is 5.82 Å². The number of benzene rings is 1. The minimum Gasteiger partial charge on any atom is -0.382 e. The highest BCUT2D eigenvalue weighted by Gasteiger charge is 2.27. The van der Waals surface area contributed by atoms with Gasteiger partial charge in [0.2, 0.25) is 10.0 Å². The van der Waals surface area contributed by atoms with Gasteiger partial charge in [0, 0.05) is 32.8 Å². The number of nitrogens with one attached hydrogen (secondary N) is 1. The Bertz CT molecular complexity index is 690. The van der Waals surface area contributed by atoms with Crippen LogP contribution in [0.2, 0.25) is 0 Å². The van der Waals surface area contributed by atoms with Crippen molar-refractivity contribution in [2.75, 3.05) is 46.1 Å². The summed E-state index contributed by atoms with van der Waals surface area (Å²) >= 11 is 0. The van der Waals surface area contributed by atoms with E-state index in [1.807, 2.05) is 6.92 Å². The van der Waals surface area contributed by atoms with E-state index < -0.39 is 21.7 Å². The molecule has 1 fully saturated rings. The summed E-state index contributed by atoms with van der Waals surface area (Å²) < 4.78 is 50.7. The van der Waals surface area contributed by atoms with Crippen LogP contribution in [0.5, 0.6) is 0 Å². The summed E-state index contributed by atoms with van der Waals surface area (Å²) in [6.45, 7) is 4.36. The SMILES string of the molecule is CCOCCCNC(=O)c1cc(S(=O)(=O)N2CCOCC2)ccc1F. The summed E-state index contributed by atoms with van der Waals surface area (Å²) in [5, 5.41) is 2.57. The lowest BCUT2D eigenvalue weighted by Gasteiger charge is -2.26. The average molecular weight is 374 g/mol. The van der Waals surface area contributed by atoms with Crippen molar-refractivity contribution in [1.29, 1.82) is 0 Å². The molecular formula is C16H23FN2O5S. The van der Waals surface area contributed by atoms with Crippen LogP contribution in [0.4, 0.5) is 4.39 Å². The molecule has 1 aromatic rings. The van der Waals surface area contributed by atoms with Crippen molar-refractivity contribution in [3.8, 4) is 0 Å². The van der Waals surface area contributed by atoms with E-state index in [4.69, 9.17) is 9.47 Å². The van der Waals surface area contributed by atoms with Crippen molar-refractivity contribution in [2.24, 2.45) is 0 Å². The van der Waals surface area contributed by atoms with Crippen LogP contribution in [0.3, 0.4) is 0 Å². The van der Waals surface area contributed by atoms with Crippen LogP contribution in [0.1, 0.15) is 23.7 Å². The van der Waals surface area contributed by atoms with Crippen LogP contribution in [0.15, 0.2) is 23.1 Å². The molecule has 0 atom stereocenters. The average Bonchev–Trinajstić information content (AvgIpc) is 2.62. The molecule has 0 spiro atoms. The van der Waals surface area contributed by atoms with Gasteiger partial charge in [-0.1, -0.05) is 0 Å². The molecular weight excluding hydrogens is 351 g/mol. The summed E-state index contributed by atoms with van der Waals surface area (Å²) in [5.74, 6) is -1.41. The highest BCUT2D eigenvalue weighted by Crippen LogP contribution is 2.20. The zero-order valence-electron chi connectivity index (χ0n) is 14.2. The number of morpholine rings is 1. The number of carbonyl (C=O) groups excluding carboxylic acids is 1. The summed E-state index contributed by atoms with van der Waals surface area (Å²) in [6.07, 6.45) is 0.590. The van der Waals surface area contributed by atoms with Crippen LogP contribution in [0.25, 0.3) is 0 Å². The lowest BCUT2D eigenvalue weighted by Crippen LogP contribution is -2.40. The van der Waals surface area contributed by atoms with Crippen molar-refractivity contribution in [1.82, 2.24) is 9.62 Å². The molecule has 140 valence electrons. The van der Waals surface area contributed by atoms with Crippen LogP contribution in [-0.4, -0.2) is 64.7 Å². The molecule has 1 aliphatic rings. The molecule has 1 N–H and O–H groups in total. The second-order valence-corrected chi connectivity index (χ2v) is 7.40. The van der Waals surface area contributed by atoms with Gasteiger partial charge in [-0.3, -0.25) is 4.79 Å². The quantitative estimate of drug-likeness (QED) is 0.687. The van der Waals surface area contributed by atoms with Gasteiger partial charge in [-0.15, -0.1) is 0 Å². The van der Waals surface area contributed by atoms with Crippen LogP contribution in [0, 0.1) is 5.82 Å². The van der Waals surface area contributed by atoms with Gasteiger partial charge in [-0.2, -0.15) is 4.31 Å². The first-order valence-electron chi connectivity index (χ1n) is 8.20. The number of hydrogen-bond donors (Lipinski definition) is 1. The van der Waals surface area contributed by atoms with Crippen LogP contribution >= 0.6 is 0 Å². The lowest BCUT2D eigenvalue weighted by atomic mass is 10.2. The zero-order chi connectivity index (χ0) is 18.3. The van der Waals surface area contributed by atoms with Crippen molar-refractivity contribution in [3.05, 3.63) is 29.6 Å². The topological polar surface area (TPSA) is 84.9 Å². The predicted molar refractivity (Wildman–Crippen MR) is 89.4 cm³/mol. The molecule has 1 amide bonds. The number of rotatable bonds is 8. The smallest absolute Gasteiger partial charge is 0.254 e. The Morgan fingerprint density at radius 3 is 2.76 bits per heavy atom. The summed E-state index contributed by atoms with van der Waals surface area (Å²) in [4.78, 5) is 12.0. The maximum Gasteiger partial charge on any atom is 0.254 e. The third kappa shape index (κ3) is 5.21. The molecule has 25 heavy (non-hydrogen) atoms. The first kappa shape index (κ1) is 19.8. The first-order chi connectivity index (χ1) is 12.0. The Morgan fingerprint density at radius 1 is 1.36 bits per heavy atom. The summed E-state index contributed by atoms with van der Waals surface area (Å²) in [6, 6.07) is 3.26. The Kier molecular flexibility index (Phi) is 7.30. The molecule has 7 nitrogen and oxygen atoms in total. The molecule has 1 saturated heterocycles. The molecule has 2 rings (SSSR count). The van der Waals surface area contributed by atoms with Crippen LogP contribution < -0.4 is 5.32 Å². The molecule has 0 saturated carbocycles. The number of ether oxygens (including phenoxy) is 2. The van der Waals surface area contributed by atoms with E-state index in [9.17, 15) is 17.6 Å². The van der Waals surface area contributed by atoms with E-state index in [-0.39, 0.29) is 23.5 Å². The molecule has 1 aromatic carbocycles. The Labute approximate surface area is 147 Å². The van der Waals surface area contributed by atoms with Gasteiger partial charge in [-0.05, 0) is 31.5 Å². The second kappa shape index (κ2) is 9.23. The normalized spacial score (nSPS) is 15.9. The minimum atomic E-state index is -3.78. The van der Waals surface area contributed by atoms with E-state index in [0.717, 1.165) is 12.1 Å². The van der Waals surface area contributed by atoms with Gasteiger partial charge in [0.25, 0.3) is 5.91 Å². The van der Waals surface area contributed by atoms with E-state index in [1.165, 1.54) is 10.4 Å². The second-order valence-electron chi connectivity index (χ2n) is 5.46. The fraction of sp³-hybridized carbons (Fsp3) is 0.562. The van der Waals surface area contributed by atoms with Crippen LogP contribution in [-0.2, 0) is 19.5 Å². The van der Waals surface area contributed by atoms with Gasteiger partial charge >= 0.3 is 0 Å². The van der Waals surface area contributed by atoms with Gasteiger partial charge < -0.3 is 14.8 Å². The zero-order valence-corrected chi connectivity index (χ0v) is 15.0. The summed E-state index contributed by atoms with van der Waals surface area (Å²) in [7, 11) is -3.78. The number of halogens is 1. The molecule has 0 unspecified atom stereocenters. The van der Waals surface area contributed by atoms with Gasteiger partial charge in [-0.25, -0.2) is 12.8 Å². The van der Waals surface area contributed by atoms with E-state index in [1.54, 1.807) is 0 Å². The molecule has 0 bridgehead atoms. The summed E-state index contributed by atoms with van der Waals surface area (Å²) in [5.41, 5.74) is -0.286. The monoisotopic (exact) mass is 374 g/mol. The number of amides is 1. The third-order valence-electron chi connectivity index (χ3n) is 3.75. The predicted octanol–water partition coefficient (Wildman–Crippen LogP) is 1.00. The minimum absolute atomic E-state index is 0.102. The Hall–Kier alpha value is -1.55. The first-order valence-corrected chi connectivity index (χ1v) is 9.64. The Morgan fingerprint density at radius 2 is 2.08 bits per heavy atom. The molecule has 9 heteroatoms. The van der Waals surface area contributed by atoms with E-state index >= 15 is 0 Å². The maximum absolute atomic E-state index is 14.0. The fourth-order valence-corrected chi connectivity index (χ4v) is 3.83. The van der Waals surface area contributed by atoms with Crippen molar-refractivity contribution < 1.29 is 27.1 Å². The highest BCUT2D eigenvalue weighted by atomic mass is 32.2. The van der Waals surface area contributed by atoms with E-state index in [2.05, 4.69) is 5.32 Å². The fourth-order valence-electron chi connectivity index (χ4n) is 2.39. The van der Waals surface area contributed by atoms with Gasteiger partial charge in [0.15, 0.2) is 0 Å². The van der Waals surface area contributed by atoms with Crippen molar-refractivity contribution in [3.63, 3.8) is 0 Å². The molecule has 0 aromatic heterocycles. The van der Waals surface area contributed by atoms with Crippen molar-refractivity contribution >= 4 is 15.9 Å². The standard InChI is InChI=1S/C16H23FN2O5S/c1-2-23-9-3-6-18-16(20)14-12-13(4-5-15(14)17)25(21,22)19-7-10-24-11-8-19/h4-5,12H,2-3,6-11H2,1H3,(H,18,20). The van der Waals surface area contributed by atoms with Crippen molar-refractivity contribution in [2.45, 2.75) is 18.2 Å². The lowest BCUT2D eigenvalue weighted by molar-refractivity contribution is 0.0730. The maximum atomic E-state index is 14.0. The number of carbonyl (C=O) groups is 1.